The van der Waals surface area contributed by atoms with Gasteiger partial charge in [-0.2, -0.15) is 0 Å². The maximum absolute atomic E-state index is 14.1. The molecule has 0 bridgehead atoms. The molecule has 1 saturated heterocycles. The number of aromatic nitrogens is 1. The van der Waals surface area contributed by atoms with E-state index in [1.807, 2.05) is 24.3 Å². The van der Waals surface area contributed by atoms with Crippen LogP contribution < -0.4 is 20.0 Å². The number of thioether (sulfide) groups is 1. The van der Waals surface area contributed by atoms with Gasteiger partial charge in [0.25, 0.3) is 0 Å². The third-order valence-corrected chi connectivity index (χ3v) is 11.9. The topological polar surface area (TPSA) is 91.7 Å². The Labute approximate surface area is 286 Å². The maximum Gasteiger partial charge on any atom is 0.308 e. The molecular weight excluding hydrogens is 719 g/mol. The number of rotatable bonds is 8. The van der Waals surface area contributed by atoms with E-state index >= 15 is 0 Å². The molecule has 2 aliphatic rings. The first-order chi connectivity index (χ1) is 21.6. The van der Waals surface area contributed by atoms with Gasteiger partial charge in [0, 0.05) is 39.7 Å². The van der Waals surface area contributed by atoms with Gasteiger partial charge in [0.15, 0.2) is 0 Å². The number of nitrogens with one attached hydrogen (secondary N) is 1. The molecule has 8 nitrogen and oxygen atoms in total. The summed E-state index contributed by atoms with van der Waals surface area (Å²) in [5, 5.41) is 3.15. The summed E-state index contributed by atoms with van der Waals surface area (Å²) in [5.74, 6) is -2.38. The molecule has 3 heterocycles. The van der Waals surface area contributed by atoms with Crippen LogP contribution in [0.1, 0.15) is 30.2 Å². The molecule has 45 heavy (non-hydrogen) atoms. The summed E-state index contributed by atoms with van der Waals surface area (Å²) in [6, 6.07) is 19.7. The standard InChI is InChI=1S/C32H27BrCl2N4O4S2/c1-3-37(4-2)20-10-5-17(6-11-20)25-26-27(30(42)39(29(26)41)21-12-7-18(33)8-13-21)44-31-28(25)45-32(43)38(31)16-24(40)36-19-9-14-22(34)23(35)15-19/h5-15,25-27H,3-4,16H2,1-2H3,(H,36,40)/t25-,26?,27?/m1/s1. The second-order valence-electron chi connectivity index (χ2n) is 10.6. The number of carbonyl (C=O) groups excluding carboxylic acids is 3. The highest BCUT2D eigenvalue weighted by molar-refractivity contribution is 9.10. The molecular formula is C32H27BrCl2N4O4S2. The highest BCUT2D eigenvalue weighted by atomic mass is 79.9. The van der Waals surface area contributed by atoms with Crippen molar-refractivity contribution in [1.29, 1.82) is 0 Å². The zero-order valence-corrected chi connectivity index (χ0v) is 28.9. The van der Waals surface area contributed by atoms with E-state index in [4.69, 9.17) is 23.2 Å². The van der Waals surface area contributed by atoms with Crippen LogP contribution in [0.25, 0.3) is 0 Å². The molecule has 2 unspecified atom stereocenters. The third-order valence-electron chi connectivity index (χ3n) is 8.02. The minimum absolute atomic E-state index is 0.276. The van der Waals surface area contributed by atoms with Gasteiger partial charge in [-0.15, -0.1) is 0 Å². The van der Waals surface area contributed by atoms with E-state index in [1.165, 1.54) is 27.3 Å². The Kier molecular flexibility index (Phi) is 9.18. The average Bonchev–Trinajstić information content (AvgIpc) is 3.46. The predicted molar refractivity (Wildman–Crippen MR) is 185 cm³/mol. The highest BCUT2D eigenvalue weighted by Gasteiger charge is 2.56. The number of benzene rings is 3. The van der Waals surface area contributed by atoms with E-state index < -0.39 is 23.0 Å². The normalized spacial score (nSPS) is 19.0. The summed E-state index contributed by atoms with van der Waals surface area (Å²) in [6.45, 7) is 5.58. The number of nitrogens with zero attached hydrogens (tertiary/aromatic N) is 3. The molecule has 2 aliphatic heterocycles. The van der Waals surface area contributed by atoms with E-state index in [9.17, 15) is 19.2 Å². The number of hydrogen-bond acceptors (Lipinski definition) is 7. The van der Waals surface area contributed by atoms with E-state index in [-0.39, 0.29) is 28.3 Å². The largest absolute Gasteiger partial charge is 0.372 e. The Morgan fingerprint density at radius 3 is 2.27 bits per heavy atom. The summed E-state index contributed by atoms with van der Waals surface area (Å²) in [7, 11) is 0. The number of carbonyl (C=O) groups is 3. The number of halogens is 3. The lowest BCUT2D eigenvalue weighted by Crippen LogP contribution is -2.33. The van der Waals surface area contributed by atoms with Crippen LogP contribution in [-0.4, -0.2) is 40.6 Å². The molecule has 0 aliphatic carbocycles. The van der Waals surface area contributed by atoms with Crippen LogP contribution in [0, 0.1) is 5.92 Å². The molecule has 232 valence electrons. The van der Waals surface area contributed by atoms with Crippen LogP contribution in [0.3, 0.4) is 0 Å². The van der Waals surface area contributed by atoms with Gasteiger partial charge in [-0.05, 0) is 74.0 Å². The maximum atomic E-state index is 14.1. The SMILES string of the molecule is CCN(CC)c1ccc([C@H]2c3sc(=O)n(CC(=O)Nc4ccc(Cl)c(Cl)c4)c3SC3C(=O)N(c4ccc(Br)cc4)C(=O)C32)cc1. The van der Waals surface area contributed by atoms with Crippen LogP contribution in [0.2, 0.25) is 10.0 Å². The van der Waals surface area contributed by atoms with Gasteiger partial charge in [0.05, 0.1) is 26.7 Å². The van der Waals surface area contributed by atoms with Crippen molar-refractivity contribution in [2.75, 3.05) is 28.2 Å². The molecule has 0 saturated carbocycles. The number of hydrogen-bond donors (Lipinski definition) is 1. The number of thiazole rings is 1. The molecule has 3 atom stereocenters. The fraction of sp³-hybridized carbons (Fsp3) is 0.250. The number of amides is 3. The lowest BCUT2D eigenvalue weighted by Gasteiger charge is -2.31. The monoisotopic (exact) mass is 744 g/mol. The fourth-order valence-corrected chi connectivity index (χ4v) is 9.19. The molecule has 1 aromatic heterocycles. The van der Waals surface area contributed by atoms with Crippen molar-refractivity contribution < 1.29 is 14.4 Å². The van der Waals surface area contributed by atoms with E-state index in [1.54, 1.807) is 36.4 Å². The van der Waals surface area contributed by atoms with Gasteiger partial charge in [0.2, 0.25) is 17.7 Å². The molecule has 0 radical (unpaired) electrons. The minimum atomic E-state index is -0.778. The van der Waals surface area contributed by atoms with E-state index in [2.05, 4.69) is 40.0 Å². The molecule has 4 aromatic rings. The van der Waals surface area contributed by atoms with Crippen LogP contribution in [0.5, 0.6) is 0 Å². The van der Waals surface area contributed by atoms with Crippen molar-refractivity contribution in [3.05, 3.63) is 101 Å². The quantitative estimate of drug-likeness (QED) is 0.191. The number of fused-ring (bicyclic) bond motifs is 2. The zero-order chi connectivity index (χ0) is 32.0. The van der Waals surface area contributed by atoms with Gasteiger partial charge >= 0.3 is 4.87 Å². The molecule has 1 N–H and O–H groups in total. The van der Waals surface area contributed by atoms with Crippen LogP contribution in [-0.2, 0) is 20.9 Å². The third kappa shape index (κ3) is 5.96. The van der Waals surface area contributed by atoms with E-state index in [0.29, 0.717) is 26.3 Å². The Balaban J connectivity index is 1.40. The number of anilines is 3. The van der Waals surface area contributed by atoms with Gasteiger partial charge in [-0.3, -0.25) is 23.7 Å². The lowest BCUT2D eigenvalue weighted by atomic mass is 9.83. The van der Waals surface area contributed by atoms with Crippen molar-refractivity contribution in [3.8, 4) is 0 Å². The van der Waals surface area contributed by atoms with Gasteiger partial charge in [-0.1, -0.05) is 74.4 Å². The first-order valence-corrected chi connectivity index (χ1v) is 17.5. The lowest BCUT2D eigenvalue weighted by molar-refractivity contribution is -0.122. The fourth-order valence-electron chi connectivity index (χ4n) is 5.86. The Morgan fingerprint density at radius 2 is 1.62 bits per heavy atom. The molecule has 3 amide bonds. The summed E-state index contributed by atoms with van der Waals surface area (Å²) >= 11 is 17.7. The first-order valence-electron chi connectivity index (χ1n) is 14.2. The first kappa shape index (κ1) is 31.9. The second-order valence-corrected chi connectivity index (χ2v) is 14.4. The predicted octanol–water partition coefficient (Wildman–Crippen LogP) is 7.26. The molecule has 0 spiro atoms. The Hall–Kier alpha value is -3.09. The Bertz CT molecular complexity index is 1860. The van der Waals surface area contributed by atoms with Crippen molar-refractivity contribution in [1.82, 2.24) is 4.57 Å². The minimum Gasteiger partial charge on any atom is -0.372 e. The van der Waals surface area contributed by atoms with Crippen molar-refractivity contribution in [2.45, 2.75) is 36.6 Å². The van der Waals surface area contributed by atoms with Gasteiger partial charge < -0.3 is 10.2 Å². The second kappa shape index (κ2) is 13.0. The summed E-state index contributed by atoms with van der Waals surface area (Å²) in [6.07, 6.45) is 0. The summed E-state index contributed by atoms with van der Waals surface area (Å²) < 4.78 is 2.22. The van der Waals surface area contributed by atoms with E-state index in [0.717, 1.165) is 40.1 Å². The summed E-state index contributed by atoms with van der Waals surface area (Å²) in [5.41, 5.74) is 2.79. The Morgan fingerprint density at radius 1 is 0.933 bits per heavy atom. The highest BCUT2D eigenvalue weighted by Crippen LogP contribution is 2.54. The average molecular weight is 747 g/mol. The summed E-state index contributed by atoms with van der Waals surface area (Å²) in [4.78, 5) is 58.5. The zero-order valence-electron chi connectivity index (χ0n) is 24.1. The van der Waals surface area contributed by atoms with Crippen molar-refractivity contribution in [3.63, 3.8) is 0 Å². The molecule has 13 heteroatoms. The van der Waals surface area contributed by atoms with Crippen LogP contribution in [0.15, 0.2) is 81.0 Å². The smallest absolute Gasteiger partial charge is 0.308 e. The molecule has 3 aromatic carbocycles. The number of imide groups is 1. The van der Waals surface area contributed by atoms with Gasteiger partial charge in [-0.25, -0.2) is 4.90 Å². The van der Waals surface area contributed by atoms with Crippen LogP contribution >= 0.6 is 62.2 Å². The van der Waals surface area contributed by atoms with Crippen molar-refractivity contribution >= 4 is 97.0 Å². The molecule has 1 fully saturated rings. The molecule has 6 rings (SSSR count). The van der Waals surface area contributed by atoms with Crippen LogP contribution in [0.4, 0.5) is 17.1 Å². The van der Waals surface area contributed by atoms with Crippen molar-refractivity contribution in [2.24, 2.45) is 5.92 Å². The van der Waals surface area contributed by atoms with Gasteiger partial charge in [0.1, 0.15) is 11.8 Å².